The van der Waals surface area contributed by atoms with E-state index in [4.69, 9.17) is 5.11 Å². The second-order valence-corrected chi connectivity index (χ2v) is 4.36. The Labute approximate surface area is 101 Å². The Morgan fingerprint density at radius 3 is 2.47 bits per heavy atom. The molecular weight excluding hydrogens is 221 g/mol. The largest absolute Gasteiger partial charge is 0.480 e. The highest BCUT2D eigenvalue weighted by atomic mass is 19.1. The van der Waals surface area contributed by atoms with Gasteiger partial charge >= 0.3 is 5.97 Å². The summed E-state index contributed by atoms with van der Waals surface area (Å²) >= 11 is 0. The van der Waals surface area contributed by atoms with Crippen LogP contribution in [0.15, 0.2) is 18.2 Å². The zero-order chi connectivity index (χ0) is 13.2. The quantitative estimate of drug-likeness (QED) is 0.878. The predicted molar refractivity (Wildman–Crippen MR) is 64.4 cm³/mol. The predicted octanol–water partition coefficient (Wildman–Crippen LogP) is 2.60. The van der Waals surface area contributed by atoms with Crippen molar-refractivity contribution in [2.45, 2.75) is 32.9 Å². The van der Waals surface area contributed by atoms with Crippen LogP contribution in [-0.4, -0.2) is 29.1 Å². The van der Waals surface area contributed by atoms with E-state index >= 15 is 0 Å². The lowest BCUT2D eigenvalue weighted by atomic mass is 10.0. The van der Waals surface area contributed by atoms with Crippen molar-refractivity contribution >= 4 is 5.97 Å². The molecule has 0 saturated heterocycles. The summed E-state index contributed by atoms with van der Waals surface area (Å²) in [7, 11) is 1.72. The van der Waals surface area contributed by atoms with E-state index in [1.165, 1.54) is 6.07 Å². The minimum atomic E-state index is -0.882. The molecule has 0 fully saturated rings. The van der Waals surface area contributed by atoms with Gasteiger partial charge in [0.15, 0.2) is 0 Å². The monoisotopic (exact) mass is 239 g/mol. The second-order valence-electron chi connectivity index (χ2n) is 4.36. The summed E-state index contributed by atoms with van der Waals surface area (Å²) in [6.07, 6.45) is 0. The van der Waals surface area contributed by atoms with E-state index in [-0.39, 0.29) is 11.9 Å². The molecular formula is C13H18FNO2. The van der Waals surface area contributed by atoms with Crippen LogP contribution in [0.2, 0.25) is 0 Å². The summed E-state index contributed by atoms with van der Waals surface area (Å²) < 4.78 is 13.4. The summed E-state index contributed by atoms with van der Waals surface area (Å²) in [6, 6.07) is 4.25. The van der Waals surface area contributed by atoms with Crippen molar-refractivity contribution < 1.29 is 14.3 Å². The number of carbonyl (C=O) groups is 1. The summed E-state index contributed by atoms with van der Waals surface area (Å²) in [5.41, 5.74) is 1.37. The Balaban J connectivity index is 2.92. The van der Waals surface area contributed by atoms with Gasteiger partial charge in [-0.15, -0.1) is 0 Å². The molecule has 17 heavy (non-hydrogen) atoms. The van der Waals surface area contributed by atoms with E-state index in [0.717, 1.165) is 5.56 Å². The Kier molecular flexibility index (Phi) is 4.23. The van der Waals surface area contributed by atoms with Gasteiger partial charge in [-0.1, -0.05) is 12.1 Å². The van der Waals surface area contributed by atoms with Crippen LogP contribution in [0.3, 0.4) is 0 Å². The third-order valence-corrected chi connectivity index (χ3v) is 3.26. The van der Waals surface area contributed by atoms with Crippen LogP contribution in [0.1, 0.15) is 31.0 Å². The second kappa shape index (κ2) is 5.27. The van der Waals surface area contributed by atoms with Gasteiger partial charge in [-0.2, -0.15) is 0 Å². The van der Waals surface area contributed by atoms with E-state index in [9.17, 15) is 9.18 Å². The topological polar surface area (TPSA) is 40.5 Å². The van der Waals surface area contributed by atoms with Gasteiger partial charge in [0.25, 0.3) is 0 Å². The Bertz CT molecular complexity index is 420. The first-order valence-electron chi connectivity index (χ1n) is 5.55. The molecule has 1 N–H and O–H groups in total. The molecule has 0 heterocycles. The first-order valence-corrected chi connectivity index (χ1v) is 5.55. The van der Waals surface area contributed by atoms with Gasteiger partial charge in [0.2, 0.25) is 0 Å². The fourth-order valence-electron chi connectivity index (χ4n) is 1.61. The summed E-state index contributed by atoms with van der Waals surface area (Å²) in [6.45, 7) is 5.18. The van der Waals surface area contributed by atoms with Crippen LogP contribution in [-0.2, 0) is 4.79 Å². The summed E-state index contributed by atoms with van der Waals surface area (Å²) in [5, 5.41) is 8.93. The van der Waals surface area contributed by atoms with Crippen molar-refractivity contribution in [3.05, 3.63) is 35.1 Å². The third-order valence-electron chi connectivity index (χ3n) is 3.26. The van der Waals surface area contributed by atoms with Crippen LogP contribution >= 0.6 is 0 Å². The lowest BCUT2D eigenvalue weighted by Gasteiger charge is -2.28. The number of aliphatic carboxylic acids is 1. The highest BCUT2D eigenvalue weighted by Crippen LogP contribution is 2.22. The molecule has 0 amide bonds. The number of hydrogen-bond donors (Lipinski definition) is 1. The van der Waals surface area contributed by atoms with E-state index in [1.54, 1.807) is 31.9 Å². The molecule has 0 aliphatic heterocycles. The SMILES string of the molecule is Cc1ccc(C(C)N(C)C(C)C(=O)O)cc1F. The van der Waals surface area contributed by atoms with Crippen LogP contribution in [0.25, 0.3) is 0 Å². The molecule has 0 aromatic heterocycles. The number of benzene rings is 1. The molecule has 1 aromatic rings. The third kappa shape index (κ3) is 3.03. The Hall–Kier alpha value is -1.42. The number of hydrogen-bond acceptors (Lipinski definition) is 2. The zero-order valence-electron chi connectivity index (χ0n) is 10.6. The maximum absolute atomic E-state index is 13.4. The lowest BCUT2D eigenvalue weighted by Crippen LogP contribution is -2.37. The molecule has 0 radical (unpaired) electrons. The van der Waals surface area contributed by atoms with Crippen LogP contribution < -0.4 is 0 Å². The molecule has 2 atom stereocenters. The van der Waals surface area contributed by atoms with Gasteiger partial charge < -0.3 is 5.11 Å². The molecule has 1 aromatic carbocycles. The number of carboxylic acids is 1. The number of halogens is 1. The van der Waals surface area contributed by atoms with E-state index in [1.807, 2.05) is 13.0 Å². The molecule has 4 heteroatoms. The number of nitrogens with zero attached hydrogens (tertiary/aromatic N) is 1. The fourth-order valence-corrected chi connectivity index (χ4v) is 1.61. The van der Waals surface area contributed by atoms with E-state index in [0.29, 0.717) is 5.56 Å². The number of likely N-dealkylation sites (N-methyl/N-ethyl adjacent to an activating group) is 1. The number of rotatable bonds is 4. The lowest BCUT2D eigenvalue weighted by molar-refractivity contribution is -0.142. The molecule has 94 valence electrons. The molecule has 0 aliphatic carbocycles. The maximum atomic E-state index is 13.4. The van der Waals surface area contributed by atoms with Crippen molar-refractivity contribution in [3.8, 4) is 0 Å². The van der Waals surface area contributed by atoms with Crippen LogP contribution in [0.4, 0.5) is 4.39 Å². The fraction of sp³-hybridized carbons (Fsp3) is 0.462. The molecule has 0 spiro atoms. The normalized spacial score (nSPS) is 14.7. The smallest absolute Gasteiger partial charge is 0.320 e. The first kappa shape index (κ1) is 13.6. The van der Waals surface area contributed by atoms with Gasteiger partial charge in [0, 0.05) is 6.04 Å². The summed E-state index contributed by atoms with van der Waals surface area (Å²) in [5.74, 6) is -1.14. The average Bonchev–Trinajstić information content (AvgIpc) is 2.29. The first-order chi connectivity index (χ1) is 7.84. The van der Waals surface area contributed by atoms with Crippen molar-refractivity contribution in [1.82, 2.24) is 4.90 Å². The van der Waals surface area contributed by atoms with Crippen molar-refractivity contribution in [3.63, 3.8) is 0 Å². The molecule has 0 saturated carbocycles. The molecule has 0 aliphatic rings. The highest BCUT2D eigenvalue weighted by Gasteiger charge is 2.22. The molecule has 0 bridgehead atoms. The van der Waals surface area contributed by atoms with Crippen LogP contribution in [0, 0.1) is 12.7 Å². The standard InChI is InChI=1S/C13H18FNO2/c1-8-5-6-11(7-12(8)14)9(2)15(4)10(3)13(16)17/h5-7,9-10H,1-4H3,(H,16,17). The van der Waals surface area contributed by atoms with Crippen molar-refractivity contribution in [2.75, 3.05) is 7.05 Å². The Morgan fingerprint density at radius 1 is 1.41 bits per heavy atom. The number of aryl methyl sites for hydroxylation is 1. The van der Waals surface area contributed by atoms with Gasteiger partial charge in [-0.25, -0.2) is 4.39 Å². The van der Waals surface area contributed by atoms with E-state index in [2.05, 4.69) is 0 Å². The summed E-state index contributed by atoms with van der Waals surface area (Å²) in [4.78, 5) is 12.6. The van der Waals surface area contributed by atoms with Crippen molar-refractivity contribution in [1.29, 1.82) is 0 Å². The molecule has 3 nitrogen and oxygen atoms in total. The minimum absolute atomic E-state index is 0.142. The minimum Gasteiger partial charge on any atom is -0.480 e. The van der Waals surface area contributed by atoms with Gasteiger partial charge in [-0.05, 0) is 45.0 Å². The molecule has 2 unspecified atom stereocenters. The van der Waals surface area contributed by atoms with Gasteiger partial charge in [-0.3, -0.25) is 9.69 Å². The van der Waals surface area contributed by atoms with E-state index < -0.39 is 12.0 Å². The van der Waals surface area contributed by atoms with Crippen LogP contribution in [0.5, 0.6) is 0 Å². The molecule has 1 rings (SSSR count). The Morgan fingerprint density at radius 2 is 2.00 bits per heavy atom. The average molecular weight is 239 g/mol. The number of carboxylic acid groups (broad SMARTS) is 1. The van der Waals surface area contributed by atoms with Gasteiger partial charge in [0.1, 0.15) is 11.9 Å². The van der Waals surface area contributed by atoms with Crippen molar-refractivity contribution in [2.24, 2.45) is 0 Å². The van der Waals surface area contributed by atoms with Gasteiger partial charge in [0.05, 0.1) is 0 Å². The zero-order valence-corrected chi connectivity index (χ0v) is 10.6. The maximum Gasteiger partial charge on any atom is 0.320 e. The highest BCUT2D eigenvalue weighted by molar-refractivity contribution is 5.72.